The summed E-state index contributed by atoms with van der Waals surface area (Å²) >= 11 is 15.3. The third kappa shape index (κ3) is 5.41. The number of halogens is 2. The number of Topliss-reactive ketones (excluding diaryl/α,β-unsaturated/α-hetero) is 2. The van der Waals surface area contributed by atoms with Crippen molar-refractivity contribution in [3.05, 3.63) is 91.9 Å². The van der Waals surface area contributed by atoms with Gasteiger partial charge in [-0.15, -0.1) is 10.2 Å². The minimum absolute atomic E-state index is 0.0156. The van der Waals surface area contributed by atoms with Crippen molar-refractivity contribution < 1.29 is 9.59 Å². The molecule has 2 aromatic carbocycles. The zero-order valence-electron chi connectivity index (χ0n) is 22.0. The number of nitrogens with zero attached hydrogens (tertiary/aromatic N) is 4. The maximum Gasteiger partial charge on any atom is 0.219 e. The van der Waals surface area contributed by atoms with Gasteiger partial charge in [0.2, 0.25) is 5.13 Å². The van der Waals surface area contributed by atoms with E-state index in [9.17, 15) is 14.9 Å². The van der Waals surface area contributed by atoms with E-state index in [-0.39, 0.29) is 34.1 Å². The minimum atomic E-state index is -0.724. The van der Waals surface area contributed by atoms with Crippen LogP contribution in [0.25, 0.3) is 0 Å². The summed E-state index contributed by atoms with van der Waals surface area (Å²) in [5.41, 5.74) is 10.0. The maximum absolute atomic E-state index is 13.7. The van der Waals surface area contributed by atoms with Crippen molar-refractivity contribution in [1.29, 1.82) is 5.26 Å². The van der Waals surface area contributed by atoms with E-state index in [1.165, 1.54) is 23.1 Å². The fraction of sp³-hybridized carbons (Fsp3) is 0.276. The lowest BCUT2D eigenvalue weighted by atomic mass is 9.68. The lowest BCUT2D eigenvalue weighted by Gasteiger charge is -2.42. The number of anilines is 1. The zero-order valence-corrected chi connectivity index (χ0v) is 25.1. The summed E-state index contributed by atoms with van der Waals surface area (Å²) in [4.78, 5) is 28.1. The van der Waals surface area contributed by atoms with Crippen LogP contribution < -0.4 is 10.6 Å². The monoisotopic (exact) mass is 609 g/mol. The molecule has 0 amide bonds. The van der Waals surface area contributed by atoms with Crippen LogP contribution in [-0.2, 0) is 4.79 Å². The van der Waals surface area contributed by atoms with Crippen LogP contribution in [0.1, 0.15) is 54.1 Å². The molecule has 0 fully saturated rings. The Labute approximate surface area is 250 Å². The summed E-state index contributed by atoms with van der Waals surface area (Å²) in [6.07, 6.45) is 0.849. The van der Waals surface area contributed by atoms with Crippen molar-refractivity contribution in [3.8, 4) is 6.07 Å². The van der Waals surface area contributed by atoms with Crippen LogP contribution in [0.15, 0.2) is 69.5 Å². The van der Waals surface area contributed by atoms with Crippen molar-refractivity contribution in [2.24, 2.45) is 11.1 Å². The second-order valence-electron chi connectivity index (χ2n) is 10.6. The highest BCUT2D eigenvalue weighted by Gasteiger charge is 2.46. The van der Waals surface area contributed by atoms with E-state index in [0.717, 1.165) is 5.56 Å². The first-order valence-corrected chi connectivity index (χ1v) is 15.0. The highest BCUT2D eigenvalue weighted by atomic mass is 35.5. The first-order valence-electron chi connectivity index (χ1n) is 12.5. The van der Waals surface area contributed by atoms with E-state index in [1.807, 2.05) is 45.0 Å². The van der Waals surface area contributed by atoms with Gasteiger partial charge < -0.3 is 5.73 Å². The van der Waals surface area contributed by atoms with Crippen LogP contribution in [0.2, 0.25) is 10.0 Å². The average Bonchev–Trinajstić information content (AvgIpc) is 3.35. The molecule has 3 aromatic rings. The number of benzene rings is 2. The number of carbonyl (C=O) groups is 2. The molecule has 204 valence electrons. The fourth-order valence-corrected chi connectivity index (χ4v) is 7.37. The number of carbonyl (C=O) groups excluding carboxylic acids is 2. The molecule has 2 aliphatic rings. The number of hydrogen-bond donors (Lipinski definition) is 1. The Morgan fingerprint density at radius 1 is 1.20 bits per heavy atom. The Kier molecular flexibility index (Phi) is 7.81. The van der Waals surface area contributed by atoms with Gasteiger partial charge in [0.15, 0.2) is 15.9 Å². The summed E-state index contributed by atoms with van der Waals surface area (Å²) in [5, 5.41) is 20.1. The predicted molar refractivity (Wildman–Crippen MR) is 160 cm³/mol. The number of aromatic nitrogens is 2. The number of thioether (sulfide) groups is 1. The van der Waals surface area contributed by atoms with Crippen LogP contribution in [0.3, 0.4) is 0 Å². The number of nitriles is 1. The van der Waals surface area contributed by atoms with Gasteiger partial charge in [-0.1, -0.05) is 96.0 Å². The van der Waals surface area contributed by atoms with Crippen LogP contribution in [-0.4, -0.2) is 27.5 Å². The molecule has 1 unspecified atom stereocenters. The summed E-state index contributed by atoms with van der Waals surface area (Å²) in [6.45, 7) is 6.02. The quantitative estimate of drug-likeness (QED) is 0.233. The molecule has 1 atom stereocenters. The summed E-state index contributed by atoms with van der Waals surface area (Å²) in [7, 11) is 0. The molecular formula is C29H25Cl2N5O2S2. The van der Waals surface area contributed by atoms with Crippen LogP contribution in [0.5, 0.6) is 0 Å². The molecule has 0 saturated carbocycles. The fourth-order valence-electron chi connectivity index (χ4n) is 5.08. The molecule has 0 radical (unpaired) electrons. The normalized spacial score (nSPS) is 18.6. The first-order chi connectivity index (χ1) is 19.0. The molecule has 1 aliphatic carbocycles. The standard InChI is InChI=1S/C29H25Cl2N5O2S2/c1-15-4-6-16(7-5-15)23(38)14-39-28-35-34-27(40-28)36-21-11-29(2,3)12-22(37)25(21)24(19(13-32)26(36)33)18-9-8-17(30)10-20(18)31/h4-10,24H,11-12,14,33H2,1-3H3. The predicted octanol–water partition coefficient (Wildman–Crippen LogP) is 7.07. The lowest BCUT2D eigenvalue weighted by molar-refractivity contribution is -0.118. The van der Waals surface area contributed by atoms with Gasteiger partial charge in [-0.2, -0.15) is 5.26 Å². The molecule has 0 bridgehead atoms. The molecule has 2 N–H and O–H groups in total. The summed E-state index contributed by atoms with van der Waals surface area (Å²) in [5.74, 6) is -0.443. The molecule has 11 heteroatoms. The molecule has 0 spiro atoms. The highest BCUT2D eigenvalue weighted by molar-refractivity contribution is 8.01. The SMILES string of the molecule is Cc1ccc(C(=O)CSc2nnc(N3C(N)=C(C#N)C(c4ccc(Cl)cc4Cl)C4=C3CC(C)(C)CC4=O)s2)cc1. The van der Waals surface area contributed by atoms with Gasteiger partial charge in [0.25, 0.3) is 0 Å². The van der Waals surface area contributed by atoms with Crippen molar-refractivity contribution in [2.75, 3.05) is 10.7 Å². The number of rotatable bonds is 6. The highest BCUT2D eigenvalue weighted by Crippen LogP contribution is 2.51. The Morgan fingerprint density at radius 3 is 2.60 bits per heavy atom. The van der Waals surface area contributed by atoms with Crippen molar-refractivity contribution in [2.45, 2.75) is 43.9 Å². The van der Waals surface area contributed by atoms with E-state index in [2.05, 4.69) is 16.3 Å². The summed E-state index contributed by atoms with van der Waals surface area (Å²) < 4.78 is 0.577. The van der Waals surface area contributed by atoms with Gasteiger partial charge in [0.05, 0.1) is 23.3 Å². The number of hydrogen-bond acceptors (Lipinski definition) is 9. The second-order valence-corrected chi connectivity index (χ2v) is 13.6. The smallest absolute Gasteiger partial charge is 0.219 e. The Morgan fingerprint density at radius 2 is 1.93 bits per heavy atom. The third-order valence-corrected chi connectivity index (χ3v) is 9.55. The Balaban J connectivity index is 1.53. The van der Waals surface area contributed by atoms with Crippen LogP contribution in [0, 0.1) is 23.7 Å². The van der Waals surface area contributed by atoms with Gasteiger partial charge in [-0.25, -0.2) is 0 Å². The van der Waals surface area contributed by atoms with Gasteiger partial charge in [-0.05, 0) is 36.5 Å². The maximum atomic E-state index is 13.7. The van der Waals surface area contributed by atoms with E-state index in [1.54, 1.807) is 23.1 Å². The van der Waals surface area contributed by atoms with Gasteiger partial charge in [-0.3, -0.25) is 14.5 Å². The number of allylic oxidation sites excluding steroid dienone is 3. The third-order valence-electron chi connectivity index (χ3n) is 6.94. The van der Waals surface area contributed by atoms with E-state index in [4.69, 9.17) is 28.9 Å². The van der Waals surface area contributed by atoms with Gasteiger partial charge in [0.1, 0.15) is 5.82 Å². The Bertz CT molecular complexity index is 1640. The summed E-state index contributed by atoms with van der Waals surface area (Å²) in [6, 6.07) is 14.7. The molecule has 1 aromatic heterocycles. The van der Waals surface area contributed by atoms with Gasteiger partial charge in [0, 0.05) is 33.3 Å². The van der Waals surface area contributed by atoms with Crippen molar-refractivity contribution >= 4 is 63.0 Å². The largest absolute Gasteiger partial charge is 0.384 e. The number of aryl methyl sites for hydroxylation is 1. The molecule has 7 nitrogen and oxygen atoms in total. The first kappa shape index (κ1) is 28.4. The van der Waals surface area contributed by atoms with Crippen molar-refractivity contribution in [1.82, 2.24) is 10.2 Å². The van der Waals surface area contributed by atoms with E-state index in [0.29, 0.717) is 54.8 Å². The molecule has 40 heavy (non-hydrogen) atoms. The van der Waals surface area contributed by atoms with Crippen LogP contribution in [0.4, 0.5) is 5.13 Å². The van der Waals surface area contributed by atoms with Crippen LogP contribution >= 0.6 is 46.3 Å². The molecule has 1 aliphatic heterocycles. The molecule has 2 heterocycles. The average molecular weight is 611 g/mol. The molecule has 5 rings (SSSR count). The number of ketones is 2. The topological polar surface area (TPSA) is 113 Å². The van der Waals surface area contributed by atoms with E-state index < -0.39 is 5.92 Å². The molecular weight excluding hydrogens is 585 g/mol. The Hall–Kier alpha value is -3.16. The van der Waals surface area contributed by atoms with Crippen molar-refractivity contribution in [3.63, 3.8) is 0 Å². The number of nitrogens with two attached hydrogens (primary N) is 1. The second kappa shape index (κ2) is 11.0. The lowest BCUT2D eigenvalue weighted by Crippen LogP contribution is -2.42. The van der Waals surface area contributed by atoms with Gasteiger partial charge >= 0.3 is 0 Å². The molecule has 0 saturated heterocycles. The zero-order chi connectivity index (χ0) is 28.8. The minimum Gasteiger partial charge on any atom is -0.384 e. The van der Waals surface area contributed by atoms with E-state index >= 15 is 0 Å².